The van der Waals surface area contributed by atoms with Crippen LogP contribution in [-0.2, 0) is 4.79 Å². The van der Waals surface area contributed by atoms with Crippen LogP contribution in [0.2, 0.25) is 0 Å². The smallest absolute Gasteiger partial charge is 0.422 e. The lowest BCUT2D eigenvalue weighted by Crippen LogP contribution is -2.62. The highest BCUT2D eigenvalue weighted by Crippen LogP contribution is 2.30. The first kappa shape index (κ1) is 15.8. The van der Waals surface area contributed by atoms with Crippen molar-refractivity contribution in [3.05, 3.63) is 29.8 Å². The molecule has 110 valence electrons. The molecule has 0 heterocycles. The molecular formula is C12H13F3N2O3. The van der Waals surface area contributed by atoms with Gasteiger partial charge in [-0.1, -0.05) is 12.1 Å². The summed E-state index contributed by atoms with van der Waals surface area (Å²) >= 11 is 0. The number of carbonyl (C=O) groups is 2. The summed E-state index contributed by atoms with van der Waals surface area (Å²) in [5.74, 6) is -2.19. The first-order valence-corrected chi connectivity index (χ1v) is 5.52. The number of hydrogen-bond acceptors (Lipinski definition) is 2. The summed E-state index contributed by atoms with van der Waals surface area (Å²) < 4.78 is 38.1. The number of urea groups is 1. The largest absolute Gasteiger partial charge is 0.479 e. The molecule has 3 N–H and O–H groups in total. The number of benzene rings is 1. The zero-order valence-corrected chi connectivity index (χ0v) is 10.7. The van der Waals surface area contributed by atoms with Crippen molar-refractivity contribution >= 4 is 17.7 Å². The van der Waals surface area contributed by atoms with Crippen molar-refractivity contribution in [3.8, 4) is 0 Å². The van der Waals surface area contributed by atoms with E-state index in [1.807, 2.05) is 0 Å². The normalized spacial score (nSPS) is 14.2. The van der Waals surface area contributed by atoms with Crippen molar-refractivity contribution < 1.29 is 27.9 Å². The van der Waals surface area contributed by atoms with Crippen LogP contribution >= 0.6 is 0 Å². The third kappa shape index (κ3) is 3.40. The lowest BCUT2D eigenvalue weighted by atomic mass is 10.0. The van der Waals surface area contributed by atoms with E-state index in [0.29, 0.717) is 6.92 Å². The van der Waals surface area contributed by atoms with E-state index < -0.39 is 23.7 Å². The van der Waals surface area contributed by atoms with Gasteiger partial charge in [0, 0.05) is 5.69 Å². The van der Waals surface area contributed by atoms with Gasteiger partial charge >= 0.3 is 18.2 Å². The average molecular weight is 290 g/mol. The summed E-state index contributed by atoms with van der Waals surface area (Å²) in [6.45, 7) is 2.12. The van der Waals surface area contributed by atoms with Gasteiger partial charge in [-0.15, -0.1) is 0 Å². The van der Waals surface area contributed by atoms with Gasteiger partial charge in [-0.3, -0.25) is 0 Å². The Bertz CT molecular complexity index is 531. The molecule has 20 heavy (non-hydrogen) atoms. The Morgan fingerprint density at radius 3 is 2.30 bits per heavy atom. The molecule has 1 atom stereocenters. The van der Waals surface area contributed by atoms with Crippen LogP contribution < -0.4 is 10.6 Å². The van der Waals surface area contributed by atoms with Crippen molar-refractivity contribution in [1.82, 2.24) is 5.32 Å². The molecule has 1 aromatic rings. The first-order valence-electron chi connectivity index (χ1n) is 5.52. The molecule has 1 aromatic carbocycles. The number of carboxylic acids is 1. The van der Waals surface area contributed by atoms with Gasteiger partial charge in [0.05, 0.1) is 0 Å². The highest BCUT2D eigenvalue weighted by atomic mass is 19.4. The molecular weight excluding hydrogens is 277 g/mol. The molecule has 0 radical (unpaired) electrons. The fraction of sp³-hybridized carbons (Fsp3) is 0.333. The lowest BCUT2D eigenvalue weighted by Gasteiger charge is -2.28. The van der Waals surface area contributed by atoms with Gasteiger partial charge in [0.15, 0.2) is 0 Å². The molecule has 1 rings (SSSR count). The molecule has 8 heteroatoms. The van der Waals surface area contributed by atoms with Crippen LogP contribution in [0.5, 0.6) is 0 Å². The minimum Gasteiger partial charge on any atom is -0.479 e. The number of carbonyl (C=O) groups excluding carboxylic acids is 1. The van der Waals surface area contributed by atoms with Crippen LogP contribution in [0.25, 0.3) is 0 Å². The highest BCUT2D eigenvalue weighted by molar-refractivity contribution is 5.94. The van der Waals surface area contributed by atoms with Gasteiger partial charge in [0.2, 0.25) is 5.54 Å². The second kappa shape index (κ2) is 5.40. The standard InChI is InChI=1S/C12H13F3N2O3/c1-7-4-3-5-8(6-7)16-10(20)17-11(2,9(18)19)12(13,14)15/h3-6H,1-2H3,(H,18,19)(H2,16,17,20). The molecule has 0 aromatic heterocycles. The Morgan fingerprint density at radius 2 is 1.85 bits per heavy atom. The molecule has 0 saturated heterocycles. The number of rotatable bonds is 3. The Hall–Kier alpha value is -2.25. The minimum atomic E-state index is -5.12. The molecule has 0 bridgehead atoms. The van der Waals surface area contributed by atoms with Crippen LogP contribution in [0.15, 0.2) is 24.3 Å². The minimum absolute atomic E-state index is 0.261. The molecule has 5 nitrogen and oxygen atoms in total. The fourth-order valence-electron chi connectivity index (χ4n) is 1.36. The number of alkyl halides is 3. The Kier molecular flexibility index (Phi) is 4.26. The average Bonchev–Trinajstić information content (AvgIpc) is 2.26. The predicted octanol–water partition coefficient (Wildman–Crippen LogP) is 2.52. The number of hydrogen-bond donors (Lipinski definition) is 3. The maximum Gasteiger partial charge on any atom is 0.422 e. The van der Waals surface area contributed by atoms with Gasteiger partial charge in [0.1, 0.15) is 0 Å². The monoisotopic (exact) mass is 290 g/mol. The maximum atomic E-state index is 12.7. The summed E-state index contributed by atoms with van der Waals surface area (Å²) in [4.78, 5) is 22.3. The Labute approximate surface area is 112 Å². The van der Waals surface area contributed by atoms with Crippen molar-refractivity contribution in [2.75, 3.05) is 5.32 Å². The summed E-state index contributed by atoms with van der Waals surface area (Å²) in [5.41, 5.74) is -2.31. The van der Waals surface area contributed by atoms with Crippen molar-refractivity contribution in [2.24, 2.45) is 0 Å². The molecule has 0 spiro atoms. The van der Waals surface area contributed by atoms with E-state index in [0.717, 1.165) is 5.56 Å². The van der Waals surface area contributed by atoms with E-state index >= 15 is 0 Å². The van der Waals surface area contributed by atoms with E-state index in [2.05, 4.69) is 5.32 Å². The van der Waals surface area contributed by atoms with Crippen LogP contribution in [0, 0.1) is 6.92 Å². The predicted molar refractivity (Wildman–Crippen MR) is 65.4 cm³/mol. The van der Waals surface area contributed by atoms with Crippen LogP contribution in [0.1, 0.15) is 12.5 Å². The number of aliphatic carboxylic acids is 1. The summed E-state index contributed by atoms with van der Waals surface area (Å²) in [7, 11) is 0. The van der Waals surface area contributed by atoms with Gasteiger partial charge < -0.3 is 15.7 Å². The van der Waals surface area contributed by atoms with Crippen LogP contribution in [-0.4, -0.2) is 28.8 Å². The topological polar surface area (TPSA) is 78.4 Å². The van der Waals surface area contributed by atoms with Crippen molar-refractivity contribution in [1.29, 1.82) is 0 Å². The second-order valence-electron chi connectivity index (χ2n) is 4.38. The van der Waals surface area contributed by atoms with Crippen LogP contribution in [0.3, 0.4) is 0 Å². The summed E-state index contributed by atoms with van der Waals surface area (Å²) in [5, 5.41) is 12.2. The second-order valence-corrected chi connectivity index (χ2v) is 4.38. The Balaban J connectivity index is 2.86. The number of amides is 2. The fourth-order valence-corrected chi connectivity index (χ4v) is 1.36. The van der Waals surface area contributed by atoms with E-state index in [1.165, 1.54) is 17.4 Å². The maximum absolute atomic E-state index is 12.7. The number of halogens is 3. The van der Waals surface area contributed by atoms with E-state index in [1.54, 1.807) is 19.1 Å². The molecule has 0 aliphatic rings. The number of carboxylic acid groups (broad SMARTS) is 1. The number of anilines is 1. The molecule has 0 aliphatic heterocycles. The van der Waals surface area contributed by atoms with Crippen molar-refractivity contribution in [2.45, 2.75) is 25.6 Å². The number of aryl methyl sites for hydroxylation is 1. The first-order chi connectivity index (χ1) is 9.06. The lowest BCUT2D eigenvalue weighted by molar-refractivity contribution is -0.203. The zero-order chi connectivity index (χ0) is 15.6. The molecule has 1 unspecified atom stereocenters. The van der Waals surface area contributed by atoms with Gasteiger partial charge in [-0.05, 0) is 31.5 Å². The SMILES string of the molecule is Cc1cccc(NC(=O)NC(C)(C(=O)O)C(F)(F)F)c1. The zero-order valence-electron chi connectivity index (χ0n) is 10.7. The van der Waals surface area contributed by atoms with Crippen LogP contribution in [0.4, 0.5) is 23.7 Å². The van der Waals surface area contributed by atoms with Gasteiger partial charge in [0.25, 0.3) is 0 Å². The highest BCUT2D eigenvalue weighted by Gasteiger charge is 2.58. The molecule has 0 fully saturated rings. The third-order valence-corrected chi connectivity index (χ3v) is 2.63. The van der Waals surface area contributed by atoms with Gasteiger partial charge in [-0.25, -0.2) is 9.59 Å². The third-order valence-electron chi connectivity index (χ3n) is 2.63. The van der Waals surface area contributed by atoms with Gasteiger partial charge in [-0.2, -0.15) is 13.2 Å². The quantitative estimate of drug-likeness (QED) is 0.800. The molecule has 0 aliphatic carbocycles. The molecule has 2 amide bonds. The van der Waals surface area contributed by atoms with E-state index in [-0.39, 0.29) is 5.69 Å². The number of nitrogens with one attached hydrogen (secondary N) is 2. The van der Waals surface area contributed by atoms with E-state index in [9.17, 15) is 22.8 Å². The van der Waals surface area contributed by atoms with Crippen molar-refractivity contribution in [3.63, 3.8) is 0 Å². The summed E-state index contributed by atoms with van der Waals surface area (Å²) in [6.07, 6.45) is -5.12. The Morgan fingerprint density at radius 1 is 1.25 bits per heavy atom. The van der Waals surface area contributed by atoms with E-state index in [4.69, 9.17) is 5.11 Å². The molecule has 0 saturated carbocycles. The summed E-state index contributed by atoms with van der Waals surface area (Å²) in [6, 6.07) is 5.09.